The average Bonchev–Trinajstić information content (AvgIpc) is 2.99. The van der Waals surface area contributed by atoms with Crippen LogP contribution in [0.2, 0.25) is 0 Å². The Kier molecular flexibility index (Phi) is 4.83. The first-order chi connectivity index (χ1) is 13.0. The third kappa shape index (κ3) is 3.67. The van der Waals surface area contributed by atoms with E-state index in [0.29, 0.717) is 12.1 Å². The minimum absolute atomic E-state index is 0.306. The topological polar surface area (TPSA) is 8.17 Å². The van der Waals surface area contributed by atoms with Crippen LogP contribution in [-0.4, -0.2) is 16.0 Å². The van der Waals surface area contributed by atoms with Gasteiger partial charge in [-0.15, -0.1) is 0 Å². The van der Waals surface area contributed by atoms with Gasteiger partial charge in [-0.2, -0.15) is 0 Å². The lowest BCUT2D eigenvalue weighted by molar-refractivity contribution is 0.216. The molecule has 3 aromatic rings. The van der Waals surface area contributed by atoms with Crippen LogP contribution in [-0.2, 0) is 13.1 Å². The molecule has 1 aliphatic heterocycles. The van der Waals surface area contributed by atoms with Crippen LogP contribution in [0.5, 0.6) is 0 Å². The zero-order chi connectivity index (χ0) is 19.0. The zero-order valence-electron chi connectivity index (χ0n) is 15.8. The van der Waals surface area contributed by atoms with E-state index in [1.165, 1.54) is 34.9 Å². The van der Waals surface area contributed by atoms with Crippen LogP contribution < -0.4 is 0 Å². The predicted molar refractivity (Wildman–Crippen MR) is 104 cm³/mol. The first-order valence-corrected chi connectivity index (χ1v) is 9.42. The Hall–Kier alpha value is -2.46. The molecular formula is C23H24F2N2. The minimum Gasteiger partial charge on any atom is -0.350 e. The van der Waals surface area contributed by atoms with Gasteiger partial charge < -0.3 is 4.57 Å². The molecule has 0 amide bonds. The Morgan fingerprint density at radius 2 is 1.74 bits per heavy atom. The zero-order valence-corrected chi connectivity index (χ0v) is 15.8. The summed E-state index contributed by atoms with van der Waals surface area (Å²) < 4.78 is 30.9. The van der Waals surface area contributed by atoms with Crippen LogP contribution in [0.3, 0.4) is 0 Å². The van der Waals surface area contributed by atoms with E-state index in [9.17, 15) is 8.78 Å². The number of fused-ring (bicyclic) bond motifs is 1. The molecule has 4 rings (SSSR count). The molecule has 2 heterocycles. The van der Waals surface area contributed by atoms with Crippen molar-refractivity contribution in [1.29, 1.82) is 0 Å². The van der Waals surface area contributed by atoms with E-state index in [0.717, 1.165) is 25.2 Å². The summed E-state index contributed by atoms with van der Waals surface area (Å²) in [4.78, 5) is 2.27. The number of halogens is 2. The number of aryl methyl sites for hydroxylation is 3. The number of aromatic nitrogens is 1. The lowest BCUT2D eigenvalue weighted by atomic mass is 9.99. The standard InChI is InChI=1S/C23H24F2N2/c1-16-11-17(2)13-18(12-16)15-27-10-4-9-26-8-3-5-22(26)23(27)20-14-19(24)6-7-21(20)25/h3,5-8,11-14,23H,4,9-10,15H2,1-2H3. The fourth-order valence-corrected chi connectivity index (χ4v) is 4.28. The Labute approximate surface area is 159 Å². The van der Waals surface area contributed by atoms with E-state index < -0.39 is 5.82 Å². The van der Waals surface area contributed by atoms with Gasteiger partial charge in [0.1, 0.15) is 11.6 Å². The summed E-state index contributed by atoms with van der Waals surface area (Å²) >= 11 is 0. The highest BCUT2D eigenvalue weighted by Gasteiger charge is 2.29. The van der Waals surface area contributed by atoms with Gasteiger partial charge in [0.05, 0.1) is 6.04 Å². The predicted octanol–water partition coefficient (Wildman–Crippen LogP) is 5.38. The van der Waals surface area contributed by atoms with Crippen LogP contribution in [0.15, 0.2) is 54.7 Å². The summed E-state index contributed by atoms with van der Waals surface area (Å²) in [6.45, 7) is 6.60. The quantitative estimate of drug-likeness (QED) is 0.604. The molecule has 0 aliphatic carbocycles. The smallest absolute Gasteiger partial charge is 0.128 e. The Balaban J connectivity index is 1.79. The Morgan fingerprint density at radius 1 is 0.963 bits per heavy atom. The van der Waals surface area contributed by atoms with Crippen LogP contribution in [0.4, 0.5) is 8.78 Å². The first-order valence-electron chi connectivity index (χ1n) is 9.42. The third-order valence-electron chi connectivity index (χ3n) is 5.27. The SMILES string of the molecule is Cc1cc(C)cc(CN2CCCn3cccc3C2c2cc(F)ccc2F)c1. The van der Waals surface area contributed by atoms with Gasteiger partial charge in [0.25, 0.3) is 0 Å². The molecule has 1 atom stereocenters. The van der Waals surface area contributed by atoms with Crippen molar-refractivity contribution in [1.82, 2.24) is 9.47 Å². The first kappa shape index (κ1) is 17.9. The molecule has 4 heteroatoms. The van der Waals surface area contributed by atoms with E-state index in [2.05, 4.69) is 41.5 Å². The van der Waals surface area contributed by atoms with E-state index in [-0.39, 0.29) is 11.9 Å². The number of nitrogens with zero attached hydrogens (tertiary/aromatic N) is 2. The van der Waals surface area contributed by atoms with Crippen molar-refractivity contribution >= 4 is 0 Å². The fourth-order valence-electron chi connectivity index (χ4n) is 4.28. The molecule has 0 bridgehead atoms. The average molecular weight is 366 g/mol. The maximum Gasteiger partial charge on any atom is 0.128 e. The van der Waals surface area contributed by atoms with Crippen molar-refractivity contribution in [2.75, 3.05) is 6.54 Å². The second-order valence-corrected chi connectivity index (χ2v) is 7.51. The molecule has 0 spiro atoms. The molecule has 0 saturated carbocycles. The minimum atomic E-state index is -0.403. The van der Waals surface area contributed by atoms with Gasteiger partial charge in [-0.05, 0) is 56.2 Å². The largest absolute Gasteiger partial charge is 0.350 e. The molecule has 0 radical (unpaired) electrons. The molecule has 140 valence electrons. The van der Waals surface area contributed by atoms with E-state index in [4.69, 9.17) is 0 Å². The molecule has 1 aromatic heterocycles. The Morgan fingerprint density at radius 3 is 2.52 bits per heavy atom. The maximum atomic E-state index is 14.7. The van der Waals surface area contributed by atoms with Crippen LogP contribution in [0.25, 0.3) is 0 Å². The molecule has 0 N–H and O–H groups in total. The molecular weight excluding hydrogens is 342 g/mol. The highest BCUT2D eigenvalue weighted by atomic mass is 19.1. The lowest BCUT2D eigenvalue weighted by Crippen LogP contribution is -2.30. The molecule has 0 fully saturated rings. The second kappa shape index (κ2) is 7.28. The fraction of sp³-hybridized carbons (Fsp3) is 0.304. The summed E-state index contributed by atoms with van der Waals surface area (Å²) in [7, 11) is 0. The van der Waals surface area contributed by atoms with Crippen LogP contribution in [0, 0.1) is 25.5 Å². The van der Waals surface area contributed by atoms with E-state index in [1.54, 1.807) is 0 Å². The molecule has 1 unspecified atom stereocenters. The summed E-state index contributed by atoms with van der Waals surface area (Å²) in [5.74, 6) is -0.762. The molecule has 2 nitrogen and oxygen atoms in total. The second-order valence-electron chi connectivity index (χ2n) is 7.51. The summed E-state index contributed by atoms with van der Waals surface area (Å²) in [5.41, 5.74) is 5.06. The van der Waals surface area contributed by atoms with Crippen molar-refractivity contribution in [2.45, 2.75) is 39.4 Å². The number of hydrogen-bond donors (Lipinski definition) is 0. The van der Waals surface area contributed by atoms with Crippen molar-refractivity contribution in [3.05, 3.63) is 94.3 Å². The van der Waals surface area contributed by atoms with Crippen molar-refractivity contribution in [2.24, 2.45) is 0 Å². The number of benzene rings is 2. The van der Waals surface area contributed by atoms with Gasteiger partial charge in [0.15, 0.2) is 0 Å². The molecule has 1 aliphatic rings. The van der Waals surface area contributed by atoms with Crippen molar-refractivity contribution in [3.63, 3.8) is 0 Å². The van der Waals surface area contributed by atoms with Crippen LogP contribution in [0.1, 0.15) is 40.4 Å². The van der Waals surface area contributed by atoms with Gasteiger partial charge in [-0.25, -0.2) is 8.78 Å². The van der Waals surface area contributed by atoms with Gasteiger partial charge in [0, 0.05) is 37.1 Å². The molecule has 2 aromatic carbocycles. The van der Waals surface area contributed by atoms with E-state index >= 15 is 0 Å². The lowest BCUT2D eigenvalue weighted by Gasteiger charge is -2.31. The van der Waals surface area contributed by atoms with Gasteiger partial charge in [-0.3, -0.25) is 4.90 Å². The van der Waals surface area contributed by atoms with Crippen molar-refractivity contribution in [3.8, 4) is 0 Å². The number of hydrogen-bond acceptors (Lipinski definition) is 1. The molecule has 0 saturated heterocycles. The Bertz CT molecular complexity index is 941. The van der Waals surface area contributed by atoms with Crippen molar-refractivity contribution < 1.29 is 8.78 Å². The monoisotopic (exact) mass is 366 g/mol. The normalized spacial score (nSPS) is 17.6. The highest BCUT2D eigenvalue weighted by molar-refractivity contribution is 5.33. The van der Waals surface area contributed by atoms with Gasteiger partial charge in [-0.1, -0.05) is 29.3 Å². The van der Waals surface area contributed by atoms with Crippen LogP contribution >= 0.6 is 0 Å². The van der Waals surface area contributed by atoms with Gasteiger partial charge in [0.2, 0.25) is 0 Å². The summed E-state index contributed by atoms with van der Waals surface area (Å²) in [5, 5.41) is 0. The maximum absolute atomic E-state index is 14.7. The summed E-state index contributed by atoms with van der Waals surface area (Å²) in [6.07, 6.45) is 3.00. The van der Waals surface area contributed by atoms with E-state index in [1.807, 2.05) is 18.3 Å². The third-order valence-corrected chi connectivity index (χ3v) is 5.27. The molecule has 27 heavy (non-hydrogen) atoms. The van der Waals surface area contributed by atoms with Gasteiger partial charge >= 0.3 is 0 Å². The number of rotatable bonds is 3. The summed E-state index contributed by atoms with van der Waals surface area (Å²) in [6, 6.07) is 14.0. The highest BCUT2D eigenvalue weighted by Crippen LogP contribution is 2.34.